The summed E-state index contributed by atoms with van der Waals surface area (Å²) in [6.07, 6.45) is 0. The van der Waals surface area contributed by atoms with E-state index in [1.165, 1.54) is 7.11 Å². The fourth-order valence-electron chi connectivity index (χ4n) is 2.79. The topological polar surface area (TPSA) is 59.6 Å². The highest BCUT2D eigenvalue weighted by Crippen LogP contribution is 2.36. The molecule has 2 N–H and O–H groups in total. The van der Waals surface area contributed by atoms with Crippen molar-refractivity contribution in [1.29, 1.82) is 0 Å². The molecule has 0 atom stereocenters. The average molecular weight is 480 g/mol. The molecule has 3 rings (SSSR count). The first kappa shape index (κ1) is 23.1. The Morgan fingerprint density at radius 2 is 1.65 bits per heavy atom. The summed E-state index contributed by atoms with van der Waals surface area (Å²) in [5.41, 5.74) is 3.33. The number of benzene rings is 3. The number of amides is 1. The number of aryl methyl sites for hydroxylation is 1. The van der Waals surface area contributed by atoms with E-state index in [1.807, 2.05) is 43.3 Å². The number of carbonyl (C=O) groups excluding carboxylic acids is 1. The van der Waals surface area contributed by atoms with Crippen molar-refractivity contribution in [2.75, 3.05) is 24.4 Å². The lowest BCUT2D eigenvalue weighted by atomic mass is 10.2. The van der Waals surface area contributed by atoms with Crippen molar-refractivity contribution >= 4 is 52.1 Å². The number of halogens is 3. The van der Waals surface area contributed by atoms with Gasteiger partial charge < -0.3 is 20.1 Å². The summed E-state index contributed by atoms with van der Waals surface area (Å²) in [4.78, 5) is 12.3. The van der Waals surface area contributed by atoms with Crippen LogP contribution in [0.2, 0.25) is 15.1 Å². The molecule has 0 saturated heterocycles. The Labute approximate surface area is 196 Å². The Bertz CT molecular complexity index is 1070. The minimum absolute atomic E-state index is 0.232. The second-order valence-electron chi connectivity index (χ2n) is 6.77. The van der Waals surface area contributed by atoms with E-state index in [0.717, 1.165) is 16.8 Å². The molecule has 5 nitrogen and oxygen atoms in total. The smallest absolute Gasteiger partial charge is 0.262 e. The zero-order valence-corrected chi connectivity index (χ0v) is 19.2. The van der Waals surface area contributed by atoms with E-state index in [-0.39, 0.29) is 12.5 Å². The van der Waals surface area contributed by atoms with Gasteiger partial charge in [0, 0.05) is 28.0 Å². The van der Waals surface area contributed by atoms with Gasteiger partial charge in [-0.2, -0.15) is 0 Å². The maximum absolute atomic E-state index is 12.3. The van der Waals surface area contributed by atoms with Crippen LogP contribution in [-0.4, -0.2) is 19.6 Å². The highest BCUT2D eigenvalue weighted by Gasteiger charge is 2.14. The van der Waals surface area contributed by atoms with Crippen molar-refractivity contribution in [3.05, 3.63) is 80.8 Å². The molecule has 3 aromatic carbocycles. The zero-order valence-electron chi connectivity index (χ0n) is 17.0. The molecule has 0 unspecified atom stereocenters. The molecule has 0 radical (unpaired) electrons. The largest absolute Gasteiger partial charge is 0.493 e. The standard InChI is InChI=1S/C23H21Cl3N2O3/c1-14-3-6-18(11-19(14)25)28-22(29)13-31-23-20(26)9-15(10-21(23)30-2)12-27-17-7-4-16(24)5-8-17/h3-11,27H,12-13H2,1-2H3,(H,28,29). The molecule has 0 saturated carbocycles. The summed E-state index contributed by atoms with van der Waals surface area (Å²) >= 11 is 18.4. The number of ether oxygens (including phenoxy) is 2. The lowest BCUT2D eigenvalue weighted by molar-refractivity contribution is -0.118. The molecule has 162 valence electrons. The number of hydrogen-bond donors (Lipinski definition) is 2. The normalized spacial score (nSPS) is 10.5. The van der Waals surface area contributed by atoms with Crippen LogP contribution in [0.4, 0.5) is 11.4 Å². The van der Waals surface area contributed by atoms with Gasteiger partial charge in [-0.25, -0.2) is 0 Å². The molecule has 3 aromatic rings. The Hall–Kier alpha value is -2.60. The van der Waals surface area contributed by atoms with Crippen LogP contribution in [0.15, 0.2) is 54.6 Å². The molecule has 31 heavy (non-hydrogen) atoms. The van der Waals surface area contributed by atoms with Crippen molar-refractivity contribution in [2.24, 2.45) is 0 Å². The lowest BCUT2D eigenvalue weighted by Crippen LogP contribution is -2.20. The van der Waals surface area contributed by atoms with Crippen LogP contribution >= 0.6 is 34.8 Å². The van der Waals surface area contributed by atoms with Gasteiger partial charge in [-0.15, -0.1) is 0 Å². The first-order valence-electron chi connectivity index (χ1n) is 9.40. The van der Waals surface area contributed by atoms with Crippen LogP contribution in [0.1, 0.15) is 11.1 Å². The Morgan fingerprint density at radius 3 is 2.32 bits per heavy atom. The van der Waals surface area contributed by atoms with Crippen molar-refractivity contribution in [3.63, 3.8) is 0 Å². The van der Waals surface area contributed by atoms with Crippen LogP contribution in [0, 0.1) is 6.92 Å². The van der Waals surface area contributed by atoms with Gasteiger partial charge in [-0.05, 0) is 66.6 Å². The molecule has 8 heteroatoms. The van der Waals surface area contributed by atoms with E-state index in [2.05, 4.69) is 10.6 Å². The molecule has 0 heterocycles. The minimum atomic E-state index is -0.341. The van der Waals surface area contributed by atoms with Crippen molar-refractivity contribution < 1.29 is 14.3 Å². The van der Waals surface area contributed by atoms with E-state index >= 15 is 0 Å². The fourth-order valence-corrected chi connectivity index (χ4v) is 3.39. The van der Waals surface area contributed by atoms with Gasteiger partial charge in [0.15, 0.2) is 18.1 Å². The summed E-state index contributed by atoms with van der Waals surface area (Å²) in [5.74, 6) is 0.398. The Morgan fingerprint density at radius 1 is 0.935 bits per heavy atom. The van der Waals surface area contributed by atoms with Gasteiger partial charge in [-0.3, -0.25) is 4.79 Å². The maximum atomic E-state index is 12.3. The van der Waals surface area contributed by atoms with Crippen LogP contribution < -0.4 is 20.1 Å². The Kier molecular flexibility index (Phi) is 7.91. The van der Waals surface area contributed by atoms with Crippen molar-refractivity contribution in [1.82, 2.24) is 0 Å². The third-order valence-corrected chi connectivity index (χ3v) is 5.37. The minimum Gasteiger partial charge on any atom is -0.493 e. The second-order valence-corrected chi connectivity index (χ2v) is 8.02. The van der Waals surface area contributed by atoms with Crippen LogP contribution in [0.5, 0.6) is 11.5 Å². The average Bonchev–Trinajstić information content (AvgIpc) is 2.74. The molecule has 0 aliphatic carbocycles. The van der Waals surface area contributed by atoms with E-state index in [9.17, 15) is 4.79 Å². The van der Waals surface area contributed by atoms with Gasteiger partial charge in [0.2, 0.25) is 0 Å². The highest BCUT2D eigenvalue weighted by molar-refractivity contribution is 6.32. The van der Waals surface area contributed by atoms with E-state index in [4.69, 9.17) is 44.3 Å². The summed E-state index contributed by atoms with van der Waals surface area (Å²) in [6, 6.07) is 16.3. The summed E-state index contributed by atoms with van der Waals surface area (Å²) in [7, 11) is 1.52. The second kappa shape index (κ2) is 10.6. The summed E-state index contributed by atoms with van der Waals surface area (Å²) in [5, 5.41) is 7.62. The molecule has 0 bridgehead atoms. The molecule has 0 aliphatic heterocycles. The highest BCUT2D eigenvalue weighted by atomic mass is 35.5. The summed E-state index contributed by atoms with van der Waals surface area (Å²) in [6.45, 7) is 2.18. The van der Waals surface area contributed by atoms with Gasteiger partial charge in [0.05, 0.1) is 12.1 Å². The lowest BCUT2D eigenvalue weighted by Gasteiger charge is -2.15. The molecular formula is C23H21Cl3N2O3. The van der Waals surface area contributed by atoms with Gasteiger partial charge in [0.25, 0.3) is 5.91 Å². The van der Waals surface area contributed by atoms with Crippen LogP contribution in [-0.2, 0) is 11.3 Å². The molecular weight excluding hydrogens is 459 g/mol. The Balaban J connectivity index is 1.63. The number of anilines is 2. The molecule has 0 spiro atoms. The predicted molar refractivity (Wildman–Crippen MR) is 127 cm³/mol. The van der Waals surface area contributed by atoms with E-state index < -0.39 is 0 Å². The van der Waals surface area contributed by atoms with Crippen molar-refractivity contribution in [3.8, 4) is 11.5 Å². The zero-order chi connectivity index (χ0) is 22.4. The number of hydrogen-bond acceptors (Lipinski definition) is 4. The molecule has 0 aliphatic rings. The molecule has 0 fully saturated rings. The van der Waals surface area contributed by atoms with Crippen molar-refractivity contribution in [2.45, 2.75) is 13.5 Å². The molecule has 0 aromatic heterocycles. The quantitative estimate of drug-likeness (QED) is 0.382. The summed E-state index contributed by atoms with van der Waals surface area (Å²) < 4.78 is 11.1. The maximum Gasteiger partial charge on any atom is 0.262 e. The first-order valence-corrected chi connectivity index (χ1v) is 10.5. The van der Waals surface area contributed by atoms with E-state index in [0.29, 0.717) is 38.8 Å². The SMILES string of the molecule is COc1cc(CNc2ccc(Cl)cc2)cc(Cl)c1OCC(=O)Nc1ccc(C)c(Cl)c1. The third-order valence-electron chi connectivity index (χ3n) is 4.43. The first-order chi connectivity index (χ1) is 14.9. The van der Waals surface area contributed by atoms with Gasteiger partial charge in [-0.1, -0.05) is 40.9 Å². The number of methoxy groups -OCH3 is 1. The fraction of sp³-hybridized carbons (Fsp3) is 0.174. The van der Waals surface area contributed by atoms with Gasteiger partial charge >= 0.3 is 0 Å². The number of nitrogens with one attached hydrogen (secondary N) is 2. The monoisotopic (exact) mass is 478 g/mol. The number of rotatable bonds is 8. The predicted octanol–water partition coefficient (Wildman–Crippen LogP) is 6.59. The van der Waals surface area contributed by atoms with Crippen LogP contribution in [0.25, 0.3) is 0 Å². The van der Waals surface area contributed by atoms with Gasteiger partial charge in [0.1, 0.15) is 0 Å². The third kappa shape index (κ3) is 6.44. The van der Waals surface area contributed by atoms with E-state index in [1.54, 1.807) is 18.2 Å². The number of carbonyl (C=O) groups is 1. The molecule has 1 amide bonds. The van der Waals surface area contributed by atoms with Crippen LogP contribution in [0.3, 0.4) is 0 Å².